The summed E-state index contributed by atoms with van der Waals surface area (Å²) in [5.74, 6) is 0.192. The van der Waals surface area contributed by atoms with E-state index in [1.54, 1.807) is 0 Å². The van der Waals surface area contributed by atoms with E-state index < -0.39 is 6.04 Å². The first-order valence-corrected chi connectivity index (χ1v) is 9.17. The number of nitrogens with one attached hydrogen (secondary N) is 2. The molecule has 6 nitrogen and oxygen atoms in total. The van der Waals surface area contributed by atoms with Crippen LogP contribution >= 0.6 is 12.2 Å². The molecule has 7 heteroatoms. The number of hydrogen-bond acceptors (Lipinski definition) is 5. The van der Waals surface area contributed by atoms with Crippen LogP contribution in [0.25, 0.3) is 10.9 Å². The monoisotopic (exact) mass is 378 g/mol. The Morgan fingerprint density at radius 1 is 1.15 bits per heavy atom. The van der Waals surface area contributed by atoms with Crippen molar-refractivity contribution < 1.29 is 9.59 Å². The van der Waals surface area contributed by atoms with Crippen LogP contribution in [-0.4, -0.2) is 34.0 Å². The Bertz CT molecular complexity index is 1080. The van der Waals surface area contributed by atoms with Gasteiger partial charge in [0.25, 0.3) is 5.91 Å². The summed E-state index contributed by atoms with van der Waals surface area (Å²) in [6, 6.07) is 16.8. The highest BCUT2D eigenvalue weighted by molar-refractivity contribution is 7.71. The van der Waals surface area contributed by atoms with Crippen LogP contribution in [0.5, 0.6) is 0 Å². The normalized spacial score (nSPS) is 15.4. The van der Waals surface area contributed by atoms with Gasteiger partial charge in [-0.3, -0.25) is 9.59 Å². The van der Waals surface area contributed by atoms with Crippen molar-refractivity contribution >= 4 is 40.8 Å². The van der Waals surface area contributed by atoms with E-state index in [1.165, 1.54) is 4.57 Å². The number of amides is 1. The van der Waals surface area contributed by atoms with E-state index in [-0.39, 0.29) is 23.0 Å². The van der Waals surface area contributed by atoms with E-state index in [0.29, 0.717) is 12.4 Å². The molecule has 0 fully saturated rings. The largest absolute Gasteiger partial charge is 0.358 e. The molecule has 1 aliphatic heterocycles. The van der Waals surface area contributed by atoms with E-state index in [1.807, 2.05) is 54.6 Å². The van der Waals surface area contributed by atoms with Gasteiger partial charge in [-0.1, -0.05) is 42.5 Å². The van der Waals surface area contributed by atoms with Crippen LogP contribution in [0.1, 0.15) is 16.8 Å². The first kappa shape index (κ1) is 17.4. The van der Waals surface area contributed by atoms with E-state index in [0.717, 1.165) is 22.9 Å². The molecule has 4 rings (SSSR count). The molecule has 0 radical (unpaired) electrons. The van der Waals surface area contributed by atoms with Gasteiger partial charge in [0.1, 0.15) is 11.9 Å². The lowest BCUT2D eigenvalue weighted by molar-refractivity contribution is -0.121. The van der Waals surface area contributed by atoms with Crippen LogP contribution in [0.3, 0.4) is 0 Å². The maximum absolute atomic E-state index is 12.7. The van der Waals surface area contributed by atoms with Crippen molar-refractivity contribution in [3.8, 4) is 0 Å². The van der Waals surface area contributed by atoms with Crippen LogP contribution in [0.4, 0.5) is 5.82 Å². The lowest BCUT2D eigenvalue weighted by Gasteiger charge is -2.10. The minimum Gasteiger partial charge on any atom is -0.358 e. The van der Waals surface area contributed by atoms with Gasteiger partial charge in [0.15, 0.2) is 0 Å². The van der Waals surface area contributed by atoms with Crippen molar-refractivity contribution in [1.82, 2.24) is 14.9 Å². The Balaban J connectivity index is 1.44. The molecule has 1 unspecified atom stereocenters. The van der Waals surface area contributed by atoms with Crippen molar-refractivity contribution in [3.05, 3.63) is 64.9 Å². The highest BCUT2D eigenvalue weighted by Gasteiger charge is 2.33. The molecule has 2 aromatic carbocycles. The molecule has 1 aromatic heterocycles. The minimum atomic E-state index is -0.643. The van der Waals surface area contributed by atoms with Crippen LogP contribution < -0.4 is 10.6 Å². The van der Waals surface area contributed by atoms with E-state index in [4.69, 9.17) is 12.2 Å². The lowest BCUT2D eigenvalue weighted by Crippen LogP contribution is -2.34. The second kappa shape index (κ2) is 7.28. The molecule has 2 N–H and O–H groups in total. The van der Waals surface area contributed by atoms with E-state index in [2.05, 4.69) is 15.6 Å². The molecule has 3 aromatic rings. The molecule has 1 atom stereocenters. The second-order valence-electron chi connectivity index (χ2n) is 6.42. The molecule has 2 heterocycles. The third kappa shape index (κ3) is 3.46. The number of anilines is 1. The zero-order valence-electron chi connectivity index (χ0n) is 14.5. The first-order chi connectivity index (χ1) is 13.1. The fraction of sp³-hybridized carbons (Fsp3) is 0.200. The maximum atomic E-state index is 12.7. The van der Waals surface area contributed by atoms with Gasteiger partial charge in [-0.15, -0.1) is 0 Å². The zero-order valence-corrected chi connectivity index (χ0v) is 15.3. The Hall–Kier alpha value is -3.06. The predicted molar refractivity (Wildman–Crippen MR) is 106 cm³/mol. The summed E-state index contributed by atoms with van der Waals surface area (Å²) in [5, 5.41) is 6.84. The number of aromatic nitrogens is 2. The van der Waals surface area contributed by atoms with Crippen LogP contribution in [-0.2, 0) is 11.2 Å². The molecule has 27 heavy (non-hydrogen) atoms. The van der Waals surface area contributed by atoms with Gasteiger partial charge in [0.2, 0.25) is 10.7 Å². The van der Waals surface area contributed by atoms with Crippen molar-refractivity contribution in [3.63, 3.8) is 0 Å². The summed E-state index contributed by atoms with van der Waals surface area (Å²) in [4.78, 5) is 29.3. The van der Waals surface area contributed by atoms with E-state index in [9.17, 15) is 9.59 Å². The van der Waals surface area contributed by atoms with Gasteiger partial charge in [-0.25, -0.2) is 9.55 Å². The van der Waals surface area contributed by atoms with Crippen LogP contribution in [0.15, 0.2) is 54.6 Å². The summed E-state index contributed by atoms with van der Waals surface area (Å²) in [6.45, 7) is 0.528. The van der Waals surface area contributed by atoms with Crippen molar-refractivity contribution in [2.45, 2.75) is 18.9 Å². The number of carbonyl (C=O) groups is 2. The summed E-state index contributed by atoms with van der Waals surface area (Å²) in [6.07, 6.45) is 0.802. The molecule has 0 saturated heterocycles. The van der Waals surface area contributed by atoms with E-state index >= 15 is 0 Å². The fourth-order valence-corrected chi connectivity index (χ4v) is 3.54. The molecule has 1 aliphatic rings. The zero-order chi connectivity index (χ0) is 18.8. The number of fused-ring (bicyclic) bond motifs is 3. The first-order valence-electron chi connectivity index (χ1n) is 8.76. The van der Waals surface area contributed by atoms with Crippen molar-refractivity contribution in [1.29, 1.82) is 0 Å². The Morgan fingerprint density at radius 2 is 1.89 bits per heavy atom. The third-order valence-corrected chi connectivity index (χ3v) is 4.86. The van der Waals surface area contributed by atoms with Crippen molar-refractivity contribution in [2.75, 3.05) is 11.9 Å². The molecule has 1 amide bonds. The highest BCUT2D eigenvalue weighted by atomic mass is 32.1. The third-order valence-electron chi connectivity index (χ3n) is 4.59. The number of nitrogens with zero attached hydrogens (tertiary/aromatic N) is 2. The molecule has 0 spiro atoms. The number of rotatable bonds is 5. The second-order valence-corrected chi connectivity index (χ2v) is 6.79. The topological polar surface area (TPSA) is 76.0 Å². The Morgan fingerprint density at radius 3 is 2.70 bits per heavy atom. The Labute approximate surface area is 161 Å². The number of carbonyl (C=O) groups excluding carboxylic acids is 2. The quantitative estimate of drug-likeness (QED) is 0.668. The minimum absolute atomic E-state index is 0.0540. The molecule has 0 aliphatic carbocycles. The average molecular weight is 378 g/mol. The smallest absolute Gasteiger partial charge is 0.257 e. The summed E-state index contributed by atoms with van der Waals surface area (Å²) in [5.41, 5.74) is 1.88. The average Bonchev–Trinajstić information content (AvgIpc) is 3.00. The summed E-state index contributed by atoms with van der Waals surface area (Å²) >= 11 is 5.26. The molecule has 0 bridgehead atoms. The standard InChI is InChI=1S/C20H18N4O2S/c25-17(21-11-10-13-6-2-1-3-7-13)12-16-19(26)24-18(22-16)14-8-4-5-9-15(14)23-20(24)27/h1-9,16,22H,10-12H2,(H,21,25). The van der Waals surface area contributed by atoms with Crippen LogP contribution in [0, 0.1) is 4.77 Å². The number of hydrogen-bond donors (Lipinski definition) is 2. The lowest BCUT2D eigenvalue weighted by atomic mass is 10.1. The number of benzene rings is 2. The highest BCUT2D eigenvalue weighted by Crippen LogP contribution is 2.28. The van der Waals surface area contributed by atoms with Gasteiger partial charge < -0.3 is 10.6 Å². The van der Waals surface area contributed by atoms with Gasteiger partial charge in [-0.2, -0.15) is 0 Å². The van der Waals surface area contributed by atoms with Gasteiger partial charge >= 0.3 is 0 Å². The molecular weight excluding hydrogens is 360 g/mol. The van der Waals surface area contributed by atoms with Gasteiger partial charge in [-0.05, 0) is 36.3 Å². The molecular formula is C20H18N4O2S. The van der Waals surface area contributed by atoms with Crippen molar-refractivity contribution in [2.24, 2.45) is 0 Å². The predicted octanol–water partition coefficient (Wildman–Crippen LogP) is 2.95. The summed E-state index contributed by atoms with van der Waals surface area (Å²) in [7, 11) is 0. The number of para-hydroxylation sites is 1. The Kier molecular flexibility index (Phi) is 4.68. The molecule has 136 valence electrons. The summed E-state index contributed by atoms with van der Waals surface area (Å²) < 4.78 is 1.59. The maximum Gasteiger partial charge on any atom is 0.257 e. The van der Waals surface area contributed by atoms with Gasteiger partial charge in [0.05, 0.1) is 11.9 Å². The fourth-order valence-electron chi connectivity index (χ4n) is 3.26. The van der Waals surface area contributed by atoms with Gasteiger partial charge in [0, 0.05) is 11.9 Å². The SMILES string of the molecule is O=C(CC1Nc2c3ccccc3nc(=S)n2C1=O)NCCc1ccccc1. The molecule has 0 saturated carbocycles. The van der Waals surface area contributed by atoms with Crippen LogP contribution in [0.2, 0.25) is 0 Å².